The van der Waals surface area contributed by atoms with Crippen molar-refractivity contribution < 1.29 is 9.36 Å². The monoisotopic (exact) mass is 472 g/mol. The molecule has 0 aromatic carbocycles. The zero-order valence-corrected chi connectivity index (χ0v) is 23.1. The summed E-state index contributed by atoms with van der Waals surface area (Å²) >= 11 is 0. The average Bonchev–Trinajstić information content (AvgIpc) is 3.53. The van der Waals surface area contributed by atoms with Gasteiger partial charge in [0.15, 0.2) is 5.82 Å². The van der Waals surface area contributed by atoms with Gasteiger partial charge in [0.05, 0.1) is 11.9 Å². The van der Waals surface area contributed by atoms with Gasteiger partial charge in [0.25, 0.3) is 0 Å². The molecule has 188 valence electrons. The van der Waals surface area contributed by atoms with Gasteiger partial charge >= 0.3 is 12.7 Å². The second kappa shape index (κ2) is 20.1. The van der Waals surface area contributed by atoms with Gasteiger partial charge in [-0.2, -0.15) is 9.36 Å². The molecule has 0 spiro atoms. The molecule has 4 heterocycles. The topological polar surface area (TPSA) is 95.0 Å². The van der Waals surface area contributed by atoms with Crippen molar-refractivity contribution in [2.24, 2.45) is 14.1 Å². The fourth-order valence-corrected chi connectivity index (χ4v) is 2.33. The Kier molecular flexibility index (Phi) is 19.3. The summed E-state index contributed by atoms with van der Waals surface area (Å²) in [5.41, 5.74) is 2.90. The summed E-state index contributed by atoms with van der Waals surface area (Å²) in [7, 11) is 3.83. The van der Waals surface area contributed by atoms with Crippen LogP contribution in [-0.2, 0) is 14.1 Å². The van der Waals surface area contributed by atoms with Gasteiger partial charge in [-0.25, -0.2) is 19.9 Å². The maximum absolute atomic E-state index is 4.17. The number of aromatic nitrogens is 10. The van der Waals surface area contributed by atoms with E-state index in [0.29, 0.717) is 0 Å². The highest BCUT2D eigenvalue weighted by Crippen LogP contribution is 2.05. The smallest absolute Gasteiger partial charge is 0.244 e. The van der Waals surface area contributed by atoms with E-state index >= 15 is 0 Å². The second-order valence-electron chi connectivity index (χ2n) is 5.62. The van der Waals surface area contributed by atoms with Gasteiger partial charge in [0, 0.05) is 11.8 Å². The van der Waals surface area contributed by atoms with Crippen molar-refractivity contribution in [3.63, 3.8) is 0 Å². The predicted octanol–water partition coefficient (Wildman–Crippen LogP) is 3.70. The van der Waals surface area contributed by atoms with Crippen LogP contribution in [0.15, 0.2) is 50.4 Å². The van der Waals surface area contributed by atoms with E-state index in [0.717, 1.165) is 22.8 Å². The highest BCUT2D eigenvalue weighted by molar-refractivity contribution is 5.29. The van der Waals surface area contributed by atoms with Gasteiger partial charge in [-0.1, -0.05) is 55.4 Å². The Bertz CT molecular complexity index is 926. The lowest BCUT2D eigenvalue weighted by Crippen LogP contribution is -2.37. The standard InChI is InChI=1S/2C8H10N5.4C2H6/c1-7-8(3-9-4-11-7)13-6-10-5-12(13)2;1-7-3-9-4-11-8(7)13-6-10-5-12(13)2;4*1-2/h2*3-6H,1-2H3;4*1-2H3/q2*+1;;;;. The average molecular weight is 473 g/mol. The lowest BCUT2D eigenvalue weighted by atomic mass is 10.3. The van der Waals surface area contributed by atoms with Crippen molar-refractivity contribution in [2.75, 3.05) is 0 Å². The van der Waals surface area contributed by atoms with E-state index in [2.05, 4.69) is 29.9 Å². The number of rotatable bonds is 2. The molecule has 0 N–H and O–H groups in total. The van der Waals surface area contributed by atoms with Crippen LogP contribution in [0.2, 0.25) is 0 Å². The van der Waals surface area contributed by atoms with Crippen LogP contribution in [0.3, 0.4) is 0 Å². The van der Waals surface area contributed by atoms with E-state index in [1.165, 1.54) is 12.7 Å². The molecule has 4 aromatic heterocycles. The molecule has 0 radical (unpaired) electrons. The molecular weight excluding hydrogens is 428 g/mol. The van der Waals surface area contributed by atoms with Crippen molar-refractivity contribution >= 4 is 0 Å². The molecule has 0 aliphatic heterocycles. The fraction of sp³-hybridized carbons (Fsp3) is 0.500. The molecule has 4 rings (SSSR count). The first-order valence-corrected chi connectivity index (χ1v) is 11.9. The van der Waals surface area contributed by atoms with E-state index < -0.39 is 0 Å². The molecule has 34 heavy (non-hydrogen) atoms. The summed E-state index contributed by atoms with van der Waals surface area (Å²) in [5.74, 6) is 0.856. The Morgan fingerprint density at radius 2 is 1.09 bits per heavy atom. The Labute approximate surface area is 205 Å². The maximum atomic E-state index is 4.17. The van der Waals surface area contributed by atoms with Gasteiger partial charge in [0.1, 0.15) is 32.4 Å². The lowest BCUT2D eigenvalue weighted by Gasteiger charge is -2.01. The molecular formula is C24H44N10+2. The first kappa shape index (κ1) is 32.6. The summed E-state index contributed by atoms with van der Waals surface area (Å²) in [6.45, 7) is 19.9. The lowest BCUT2D eigenvalue weighted by molar-refractivity contribution is -0.745. The molecule has 0 aliphatic rings. The van der Waals surface area contributed by atoms with Crippen LogP contribution in [0, 0.1) is 13.8 Å². The van der Waals surface area contributed by atoms with Crippen molar-refractivity contribution in [2.45, 2.75) is 69.2 Å². The minimum atomic E-state index is 0.856. The Morgan fingerprint density at radius 3 is 1.53 bits per heavy atom. The van der Waals surface area contributed by atoms with E-state index in [1.807, 2.05) is 102 Å². The summed E-state index contributed by atoms with van der Waals surface area (Å²) in [4.78, 5) is 24.2. The van der Waals surface area contributed by atoms with Crippen LogP contribution in [-0.4, -0.2) is 39.3 Å². The number of hydrogen-bond donors (Lipinski definition) is 0. The largest absolute Gasteiger partial charge is 0.306 e. The zero-order valence-electron chi connectivity index (χ0n) is 23.1. The quantitative estimate of drug-likeness (QED) is 0.413. The van der Waals surface area contributed by atoms with Crippen molar-refractivity contribution in [3.8, 4) is 11.5 Å². The van der Waals surface area contributed by atoms with Crippen molar-refractivity contribution in [3.05, 3.63) is 61.6 Å². The minimum Gasteiger partial charge on any atom is -0.244 e. The highest BCUT2D eigenvalue weighted by atomic mass is 15.4. The number of aryl methyl sites for hydroxylation is 4. The van der Waals surface area contributed by atoms with Crippen molar-refractivity contribution in [1.29, 1.82) is 0 Å². The molecule has 0 atom stereocenters. The van der Waals surface area contributed by atoms with Gasteiger partial charge < -0.3 is 0 Å². The van der Waals surface area contributed by atoms with Crippen LogP contribution in [0.1, 0.15) is 66.6 Å². The Balaban J connectivity index is 0. The zero-order chi connectivity index (χ0) is 26.5. The van der Waals surface area contributed by atoms with Crippen LogP contribution in [0.4, 0.5) is 0 Å². The third-order valence-corrected chi connectivity index (χ3v) is 3.72. The first-order valence-electron chi connectivity index (χ1n) is 11.9. The maximum Gasteiger partial charge on any atom is 0.306 e. The number of hydrogen-bond acceptors (Lipinski definition) is 6. The molecule has 0 aliphatic carbocycles. The van der Waals surface area contributed by atoms with Crippen LogP contribution < -0.4 is 9.36 Å². The number of nitrogens with zero attached hydrogens (tertiary/aromatic N) is 10. The fourth-order valence-electron chi connectivity index (χ4n) is 2.33. The molecule has 0 unspecified atom stereocenters. The molecule has 0 bridgehead atoms. The summed E-state index contributed by atoms with van der Waals surface area (Å²) in [6.07, 6.45) is 13.5. The van der Waals surface area contributed by atoms with Gasteiger partial charge in [-0.15, -0.1) is 9.36 Å². The minimum absolute atomic E-state index is 0.856. The van der Waals surface area contributed by atoms with E-state index in [1.54, 1.807) is 37.7 Å². The van der Waals surface area contributed by atoms with Crippen LogP contribution in [0.25, 0.3) is 11.5 Å². The van der Waals surface area contributed by atoms with Gasteiger partial charge in [-0.3, -0.25) is 0 Å². The normalized spacial score (nSPS) is 8.59. The van der Waals surface area contributed by atoms with Crippen molar-refractivity contribution in [1.82, 2.24) is 39.3 Å². The highest BCUT2D eigenvalue weighted by Gasteiger charge is 2.09. The third-order valence-electron chi connectivity index (χ3n) is 3.72. The molecule has 0 fully saturated rings. The van der Waals surface area contributed by atoms with Gasteiger partial charge in [-0.05, 0) is 23.8 Å². The van der Waals surface area contributed by atoms with Crippen LogP contribution in [0.5, 0.6) is 0 Å². The summed E-state index contributed by atoms with van der Waals surface area (Å²) in [6, 6.07) is 0. The molecule has 10 nitrogen and oxygen atoms in total. The molecule has 0 saturated heterocycles. The van der Waals surface area contributed by atoms with E-state index in [9.17, 15) is 0 Å². The predicted molar refractivity (Wildman–Crippen MR) is 136 cm³/mol. The van der Waals surface area contributed by atoms with Gasteiger partial charge in [0.2, 0.25) is 12.7 Å². The molecule has 10 heteroatoms. The first-order chi connectivity index (χ1) is 16.6. The van der Waals surface area contributed by atoms with E-state index in [4.69, 9.17) is 0 Å². The second-order valence-corrected chi connectivity index (χ2v) is 5.62. The van der Waals surface area contributed by atoms with Crippen LogP contribution >= 0.6 is 0 Å². The molecule has 0 saturated carbocycles. The Hall–Kier alpha value is -3.56. The summed E-state index contributed by atoms with van der Waals surface area (Å²) in [5, 5.41) is 0. The Morgan fingerprint density at radius 1 is 0.618 bits per heavy atom. The SMILES string of the molecule is CC.CC.CC.CC.Cc1cncnc1-n1cnc[n+]1C.Cc1ncncc1-n1cnc[n+]1C. The molecule has 0 amide bonds. The van der Waals surface area contributed by atoms with E-state index in [-0.39, 0.29) is 0 Å². The summed E-state index contributed by atoms with van der Waals surface area (Å²) < 4.78 is 7.47. The third kappa shape index (κ3) is 9.93. The molecule has 4 aromatic rings.